The minimum absolute atomic E-state index is 0.0223. The number of hydrazine groups is 1. The summed E-state index contributed by atoms with van der Waals surface area (Å²) < 4.78 is 13.8. The highest BCUT2D eigenvalue weighted by Gasteiger charge is 2.57. The normalized spacial score (nSPS) is 40.4. The molecule has 1 saturated carbocycles. The Labute approximate surface area is 251 Å². The number of hydrogen-bond donors (Lipinski definition) is 5. The minimum Gasteiger partial charge on any atom is -0.350 e. The fourth-order valence-corrected chi connectivity index (χ4v) is 9.38. The summed E-state index contributed by atoms with van der Waals surface area (Å²) >= 11 is 7.11. The third kappa shape index (κ3) is 6.46. The van der Waals surface area contributed by atoms with Crippen molar-refractivity contribution >= 4 is 17.5 Å². The summed E-state index contributed by atoms with van der Waals surface area (Å²) in [6.45, 7) is 5.96. The van der Waals surface area contributed by atoms with Gasteiger partial charge in [0.25, 0.3) is 0 Å². The molecule has 6 rings (SSSR count). The van der Waals surface area contributed by atoms with Crippen LogP contribution in [0, 0.1) is 5.92 Å². The molecule has 1 aliphatic carbocycles. The summed E-state index contributed by atoms with van der Waals surface area (Å²) in [6, 6.07) is 0.849. The van der Waals surface area contributed by atoms with Gasteiger partial charge in [0, 0.05) is 51.4 Å². The highest BCUT2D eigenvalue weighted by Crippen LogP contribution is 2.42. The molecule has 11 heteroatoms. The minimum atomic E-state index is -0.658. The molecular weight excluding hydrogens is 543 g/mol. The summed E-state index contributed by atoms with van der Waals surface area (Å²) in [5.41, 5.74) is 10.1. The maximum atomic E-state index is 14.0. The molecule has 5 aliphatic heterocycles. The lowest BCUT2D eigenvalue weighted by molar-refractivity contribution is -0.129. The lowest BCUT2D eigenvalue weighted by Crippen LogP contribution is -2.71. The van der Waals surface area contributed by atoms with E-state index in [0.29, 0.717) is 31.6 Å². The van der Waals surface area contributed by atoms with Gasteiger partial charge in [0.2, 0.25) is 5.91 Å². The average molecular weight is 597 g/mol. The van der Waals surface area contributed by atoms with Crippen LogP contribution in [0.25, 0.3) is 0 Å². The number of likely N-dealkylation sites (tertiary alicyclic amines) is 2. The van der Waals surface area contributed by atoms with Gasteiger partial charge in [-0.2, -0.15) is 0 Å². The molecule has 0 aromatic rings. The first-order valence-electron chi connectivity index (χ1n) is 16.8. The lowest BCUT2D eigenvalue weighted by atomic mass is 9.79. The molecule has 9 nitrogen and oxygen atoms in total. The van der Waals surface area contributed by atoms with Crippen LogP contribution in [0.4, 0.5) is 4.39 Å². The second kappa shape index (κ2) is 13.6. The van der Waals surface area contributed by atoms with Gasteiger partial charge >= 0.3 is 0 Å². The first-order chi connectivity index (χ1) is 20.0. The first kappa shape index (κ1) is 30.4. The maximum Gasteiger partial charge on any atom is 0.229 e. The molecule has 6 fully saturated rings. The Kier molecular flexibility index (Phi) is 10.1. The van der Waals surface area contributed by atoms with Gasteiger partial charge < -0.3 is 16.4 Å². The van der Waals surface area contributed by atoms with Crippen molar-refractivity contribution in [3.63, 3.8) is 0 Å². The zero-order valence-corrected chi connectivity index (χ0v) is 25.6. The second-order valence-electron chi connectivity index (χ2n) is 13.8. The van der Waals surface area contributed by atoms with Crippen molar-refractivity contribution in [1.82, 2.24) is 36.2 Å². The summed E-state index contributed by atoms with van der Waals surface area (Å²) in [7, 11) is 0. The average Bonchev–Trinajstić information content (AvgIpc) is 3.57. The molecule has 6 N–H and O–H groups in total. The van der Waals surface area contributed by atoms with Crippen LogP contribution < -0.4 is 27.1 Å². The van der Waals surface area contributed by atoms with Crippen molar-refractivity contribution < 1.29 is 9.18 Å². The smallest absolute Gasteiger partial charge is 0.229 e. The summed E-state index contributed by atoms with van der Waals surface area (Å²) in [4.78, 5) is 19.0. The highest BCUT2D eigenvalue weighted by molar-refractivity contribution is 6.21. The molecule has 1 spiro atoms. The standard InChI is InChI=1S/C30H54ClFN8O/c31-25-19-35-28-26(27(33)37-40(28)30(25)12-6-4-2-1-3-5-7-13-30)29(41)36-23-18-34-14-8-24(23)38-16-10-22(11-17-38)39-15-9-21(32)20-39/h21-28,34-35,37H,1-20,33H2,(H,36,41)/t21-,23?,24?,25?,26?,27?,28?/m1/s1. The third-order valence-electron chi connectivity index (χ3n) is 11.3. The fourth-order valence-electron chi connectivity index (χ4n) is 8.96. The van der Waals surface area contributed by atoms with E-state index in [-0.39, 0.29) is 34.9 Å². The number of fused-ring (bicyclic) bond motifs is 2. The second-order valence-corrected chi connectivity index (χ2v) is 14.3. The maximum absolute atomic E-state index is 14.0. The van der Waals surface area contributed by atoms with Gasteiger partial charge in [-0.25, -0.2) is 14.8 Å². The number of piperidine rings is 2. The van der Waals surface area contributed by atoms with E-state index >= 15 is 0 Å². The Morgan fingerprint density at radius 1 is 0.927 bits per heavy atom. The monoisotopic (exact) mass is 596 g/mol. The lowest BCUT2D eigenvalue weighted by Gasteiger charge is -2.52. The van der Waals surface area contributed by atoms with Crippen LogP contribution in [0.5, 0.6) is 0 Å². The molecule has 0 bridgehead atoms. The van der Waals surface area contributed by atoms with Crippen LogP contribution in [-0.2, 0) is 4.79 Å². The van der Waals surface area contributed by atoms with E-state index in [1.165, 1.54) is 44.9 Å². The highest BCUT2D eigenvalue weighted by atomic mass is 35.5. The van der Waals surface area contributed by atoms with E-state index < -0.39 is 12.3 Å². The Balaban J connectivity index is 1.10. The van der Waals surface area contributed by atoms with Gasteiger partial charge in [-0.15, -0.1) is 11.6 Å². The van der Waals surface area contributed by atoms with Crippen molar-refractivity contribution in [3.05, 3.63) is 0 Å². The molecule has 234 valence electrons. The van der Waals surface area contributed by atoms with E-state index in [2.05, 4.69) is 36.2 Å². The van der Waals surface area contributed by atoms with Gasteiger partial charge in [-0.3, -0.25) is 19.9 Å². The topological polar surface area (TPSA) is 101 Å². The van der Waals surface area contributed by atoms with Crippen LogP contribution in [-0.4, -0.2) is 114 Å². The third-order valence-corrected chi connectivity index (χ3v) is 11.9. The van der Waals surface area contributed by atoms with Gasteiger partial charge in [-0.05, 0) is 45.1 Å². The zero-order valence-electron chi connectivity index (χ0n) is 24.8. The fraction of sp³-hybridized carbons (Fsp3) is 0.967. The number of carbonyl (C=O) groups excluding carboxylic acids is 1. The number of carbonyl (C=O) groups is 1. The first-order valence-corrected chi connectivity index (χ1v) is 17.2. The SMILES string of the molecule is NC1NN2C(NCC(Cl)C23CCCCCCCCC3)C1C(=O)NC1CNCCC1N1CCC(N2CC[C@@H](F)C2)CC1. The number of nitrogens with two attached hydrogens (primary N) is 1. The van der Waals surface area contributed by atoms with Crippen LogP contribution in [0.3, 0.4) is 0 Å². The Hall–Kier alpha value is -0.590. The molecule has 7 atom stereocenters. The summed E-state index contributed by atoms with van der Waals surface area (Å²) in [6.07, 6.45) is 13.4. The summed E-state index contributed by atoms with van der Waals surface area (Å²) in [5, 5.41) is 12.9. The van der Waals surface area contributed by atoms with Gasteiger partial charge in [-0.1, -0.05) is 44.9 Å². The van der Waals surface area contributed by atoms with Crippen LogP contribution in [0.15, 0.2) is 0 Å². The molecule has 41 heavy (non-hydrogen) atoms. The molecular formula is C30H54ClFN8O. The molecule has 5 heterocycles. The Bertz CT molecular complexity index is 867. The molecule has 1 amide bonds. The molecule has 6 aliphatic rings. The van der Waals surface area contributed by atoms with E-state index in [9.17, 15) is 9.18 Å². The Morgan fingerprint density at radius 3 is 2.29 bits per heavy atom. The van der Waals surface area contributed by atoms with E-state index in [1.54, 1.807) is 0 Å². The van der Waals surface area contributed by atoms with Crippen LogP contribution in [0.2, 0.25) is 0 Å². The quantitative estimate of drug-likeness (QED) is 0.314. The van der Waals surface area contributed by atoms with Gasteiger partial charge in [0.05, 0.1) is 35.2 Å². The van der Waals surface area contributed by atoms with Crippen molar-refractivity contribution in [2.45, 2.75) is 131 Å². The van der Waals surface area contributed by atoms with E-state index in [4.69, 9.17) is 17.3 Å². The van der Waals surface area contributed by atoms with Gasteiger partial charge in [0.1, 0.15) is 6.17 Å². The number of amides is 1. The van der Waals surface area contributed by atoms with Crippen molar-refractivity contribution in [3.8, 4) is 0 Å². The van der Waals surface area contributed by atoms with E-state index in [0.717, 1.165) is 64.8 Å². The number of halogens is 2. The van der Waals surface area contributed by atoms with Crippen molar-refractivity contribution in [1.29, 1.82) is 0 Å². The summed E-state index contributed by atoms with van der Waals surface area (Å²) in [5.74, 6) is -0.351. The number of rotatable bonds is 4. The molecule has 0 radical (unpaired) electrons. The predicted molar refractivity (Wildman–Crippen MR) is 161 cm³/mol. The molecule has 0 aromatic heterocycles. The zero-order chi connectivity index (χ0) is 28.4. The number of nitrogens with one attached hydrogen (secondary N) is 4. The van der Waals surface area contributed by atoms with Crippen molar-refractivity contribution in [2.75, 3.05) is 45.8 Å². The van der Waals surface area contributed by atoms with E-state index in [1.807, 2.05) is 0 Å². The van der Waals surface area contributed by atoms with Gasteiger partial charge in [0.15, 0.2) is 0 Å². The number of hydrogen-bond acceptors (Lipinski definition) is 8. The largest absolute Gasteiger partial charge is 0.350 e. The number of nitrogens with zero attached hydrogens (tertiary/aromatic N) is 3. The van der Waals surface area contributed by atoms with Crippen molar-refractivity contribution in [2.24, 2.45) is 11.7 Å². The molecule has 6 unspecified atom stereocenters. The molecule has 0 aromatic carbocycles. The van der Waals surface area contributed by atoms with Crippen LogP contribution >= 0.6 is 11.6 Å². The van der Waals surface area contributed by atoms with Crippen LogP contribution in [0.1, 0.15) is 83.5 Å². The molecule has 5 saturated heterocycles. The number of alkyl halides is 2. The Morgan fingerprint density at radius 2 is 1.61 bits per heavy atom. The predicted octanol–water partition coefficient (Wildman–Crippen LogP) is 1.86.